The molecule has 0 saturated heterocycles. The first-order valence-corrected chi connectivity index (χ1v) is 4.79. The molecule has 0 aromatic rings. The lowest BCUT2D eigenvalue weighted by Crippen LogP contribution is -1.92. The standard InChI is InChI=1S/C11H18O2/c1-2-3-4-5-6-7-8-9-10-11(12)13/h3-4,6-7H,2,5,8-10H2,1H3,(H,12,13). The SMILES string of the molecule is CCC=CCC=CCCCC(=O)O. The molecule has 0 unspecified atom stereocenters. The molecule has 0 heterocycles. The summed E-state index contributed by atoms with van der Waals surface area (Å²) in [5.41, 5.74) is 0. The topological polar surface area (TPSA) is 37.3 Å². The van der Waals surface area contributed by atoms with Crippen molar-refractivity contribution < 1.29 is 9.90 Å². The molecule has 0 atom stereocenters. The third-order valence-electron chi connectivity index (χ3n) is 1.60. The van der Waals surface area contributed by atoms with Gasteiger partial charge in [-0.1, -0.05) is 31.2 Å². The molecule has 2 nitrogen and oxygen atoms in total. The summed E-state index contributed by atoms with van der Waals surface area (Å²) in [4.78, 5) is 10.1. The smallest absolute Gasteiger partial charge is 0.303 e. The fraction of sp³-hybridized carbons (Fsp3) is 0.545. The Morgan fingerprint density at radius 1 is 1.23 bits per heavy atom. The molecule has 0 aromatic heterocycles. The van der Waals surface area contributed by atoms with Gasteiger partial charge in [0.25, 0.3) is 0 Å². The fourth-order valence-corrected chi connectivity index (χ4v) is 0.927. The van der Waals surface area contributed by atoms with Crippen molar-refractivity contribution in [2.45, 2.75) is 39.0 Å². The molecular formula is C11H18O2. The Morgan fingerprint density at radius 3 is 2.54 bits per heavy atom. The van der Waals surface area contributed by atoms with Crippen LogP contribution in [0.4, 0.5) is 0 Å². The third kappa shape index (κ3) is 10.9. The molecule has 0 bridgehead atoms. The molecule has 0 amide bonds. The molecule has 0 radical (unpaired) electrons. The van der Waals surface area contributed by atoms with Crippen molar-refractivity contribution >= 4 is 5.97 Å². The minimum atomic E-state index is -0.709. The van der Waals surface area contributed by atoms with Crippen LogP contribution in [0.3, 0.4) is 0 Å². The lowest BCUT2D eigenvalue weighted by Gasteiger charge is -1.89. The molecule has 0 spiro atoms. The maximum Gasteiger partial charge on any atom is 0.303 e. The van der Waals surface area contributed by atoms with E-state index in [2.05, 4.69) is 25.2 Å². The van der Waals surface area contributed by atoms with Gasteiger partial charge in [-0.2, -0.15) is 0 Å². The molecule has 0 saturated carbocycles. The van der Waals surface area contributed by atoms with Gasteiger partial charge in [0, 0.05) is 6.42 Å². The van der Waals surface area contributed by atoms with Crippen LogP contribution in [0.15, 0.2) is 24.3 Å². The van der Waals surface area contributed by atoms with Crippen LogP contribution in [-0.4, -0.2) is 11.1 Å². The monoisotopic (exact) mass is 182 g/mol. The van der Waals surface area contributed by atoms with E-state index in [0.29, 0.717) is 0 Å². The summed E-state index contributed by atoms with van der Waals surface area (Å²) in [5, 5.41) is 8.35. The fourth-order valence-electron chi connectivity index (χ4n) is 0.927. The van der Waals surface area contributed by atoms with Crippen molar-refractivity contribution in [1.29, 1.82) is 0 Å². The maximum atomic E-state index is 10.1. The van der Waals surface area contributed by atoms with Gasteiger partial charge in [0.05, 0.1) is 0 Å². The number of hydrogen-bond acceptors (Lipinski definition) is 1. The molecule has 0 rings (SSSR count). The summed E-state index contributed by atoms with van der Waals surface area (Å²) < 4.78 is 0. The van der Waals surface area contributed by atoms with Gasteiger partial charge in [-0.25, -0.2) is 0 Å². The lowest BCUT2D eigenvalue weighted by atomic mass is 10.2. The van der Waals surface area contributed by atoms with E-state index in [1.54, 1.807) is 0 Å². The number of carboxylic acids is 1. The van der Waals surface area contributed by atoms with Gasteiger partial charge in [0.1, 0.15) is 0 Å². The Kier molecular flexibility index (Phi) is 8.31. The van der Waals surface area contributed by atoms with Crippen LogP contribution in [0.1, 0.15) is 39.0 Å². The predicted molar refractivity (Wildman–Crippen MR) is 54.7 cm³/mol. The highest BCUT2D eigenvalue weighted by atomic mass is 16.4. The summed E-state index contributed by atoms with van der Waals surface area (Å²) in [7, 11) is 0. The average Bonchev–Trinajstić information content (AvgIpc) is 2.09. The van der Waals surface area contributed by atoms with Crippen molar-refractivity contribution in [3.8, 4) is 0 Å². The predicted octanol–water partition coefficient (Wildman–Crippen LogP) is 3.15. The van der Waals surface area contributed by atoms with Crippen molar-refractivity contribution in [2.75, 3.05) is 0 Å². The molecule has 0 aliphatic carbocycles. The van der Waals surface area contributed by atoms with Crippen LogP contribution in [0.2, 0.25) is 0 Å². The number of allylic oxidation sites excluding steroid dienone is 4. The summed E-state index contributed by atoms with van der Waals surface area (Å²) in [6.45, 7) is 2.10. The maximum absolute atomic E-state index is 10.1. The van der Waals surface area contributed by atoms with Gasteiger partial charge < -0.3 is 5.11 Å². The van der Waals surface area contributed by atoms with E-state index < -0.39 is 5.97 Å². The average molecular weight is 182 g/mol. The second kappa shape index (κ2) is 9.04. The third-order valence-corrected chi connectivity index (χ3v) is 1.60. The Bertz CT molecular complexity index is 181. The van der Waals surface area contributed by atoms with Crippen LogP contribution < -0.4 is 0 Å². The van der Waals surface area contributed by atoms with E-state index in [1.165, 1.54) is 0 Å². The molecule has 0 aliphatic heterocycles. The summed E-state index contributed by atoms with van der Waals surface area (Å²) in [5.74, 6) is -0.709. The quantitative estimate of drug-likeness (QED) is 0.485. The number of aliphatic carboxylic acids is 1. The minimum Gasteiger partial charge on any atom is -0.481 e. The van der Waals surface area contributed by atoms with Crippen LogP contribution in [0.25, 0.3) is 0 Å². The molecular weight excluding hydrogens is 164 g/mol. The first-order chi connectivity index (χ1) is 6.27. The first kappa shape index (κ1) is 11.9. The second-order valence-electron chi connectivity index (χ2n) is 2.87. The highest BCUT2D eigenvalue weighted by Gasteiger charge is 1.92. The van der Waals surface area contributed by atoms with E-state index >= 15 is 0 Å². The van der Waals surface area contributed by atoms with Crippen LogP contribution in [0, 0.1) is 0 Å². The number of unbranched alkanes of at least 4 members (excludes halogenated alkanes) is 1. The van der Waals surface area contributed by atoms with Crippen molar-refractivity contribution in [2.24, 2.45) is 0 Å². The highest BCUT2D eigenvalue weighted by molar-refractivity contribution is 5.66. The number of carboxylic acid groups (broad SMARTS) is 1. The van der Waals surface area contributed by atoms with Crippen LogP contribution in [-0.2, 0) is 4.79 Å². The van der Waals surface area contributed by atoms with Gasteiger partial charge in [-0.15, -0.1) is 0 Å². The molecule has 1 N–H and O–H groups in total. The van der Waals surface area contributed by atoms with E-state index in [9.17, 15) is 4.79 Å². The van der Waals surface area contributed by atoms with Crippen molar-refractivity contribution in [3.63, 3.8) is 0 Å². The molecule has 2 heteroatoms. The van der Waals surface area contributed by atoms with Gasteiger partial charge in [0.15, 0.2) is 0 Å². The van der Waals surface area contributed by atoms with Gasteiger partial charge in [-0.05, 0) is 25.7 Å². The van der Waals surface area contributed by atoms with Crippen molar-refractivity contribution in [1.82, 2.24) is 0 Å². The molecule has 0 aliphatic rings. The van der Waals surface area contributed by atoms with E-state index in [0.717, 1.165) is 25.7 Å². The van der Waals surface area contributed by atoms with E-state index in [4.69, 9.17) is 5.11 Å². The Labute approximate surface area is 80.0 Å². The first-order valence-electron chi connectivity index (χ1n) is 4.79. The second-order valence-corrected chi connectivity index (χ2v) is 2.87. The van der Waals surface area contributed by atoms with Crippen LogP contribution >= 0.6 is 0 Å². The largest absolute Gasteiger partial charge is 0.481 e. The van der Waals surface area contributed by atoms with Crippen LogP contribution in [0.5, 0.6) is 0 Å². The zero-order valence-electron chi connectivity index (χ0n) is 8.20. The Balaban J connectivity index is 3.22. The normalized spacial score (nSPS) is 11.5. The molecule has 0 fully saturated rings. The number of hydrogen-bond donors (Lipinski definition) is 1. The minimum absolute atomic E-state index is 0.273. The van der Waals surface area contributed by atoms with Gasteiger partial charge >= 0.3 is 5.97 Å². The molecule has 74 valence electrons. The highest BCUT2D eigenvalue weighted by Crippen LogP contribution is 1.98. The number of carbonyl (C=O) groups is 1. The zero-order chi connectivity index (χ0) is 9.94. The zero-order valence-corrected chi connectivity index (χ0v) is 8.20. The summed E-state index contributed by atoms with van der Waals surface area (Å²) in [6.07, 6.45) is 12.3. The number of rotatable bonds is 7. The van der Waals surface area contributed by atoms with Crippen molar-refractivity contribution in [3.05, 3.63) is 24.3 Å². The molecule has 0 aromatic carbocycles. The summed E-state index contributed by atoms with van der Waals surface area (Å²) >= 11 is 0. The Morgan fingerprint density at radius 2 is 1.92 bits per heavy atom. The van der Waals surface area contributed by atoms with Gasteiger partial charge in [-0.3, -0.25) is 4.79 Å². The summed E-state index contributed by atoms with van der Waals surface area (Å²) in [6, 6.07) is 0. The lowest BCUT2D eigenvalue weighted by molar-refractivity contribution is -0.137. The Hall–Kier alpha value is -1.05. The van der Waals surface area contributed by atoms with E-state index in [-0.39, 0.29) is 6.42 Å². The van der Waals surface area contributed by atoms with Gasteiger partial charge in [0.2, 0.25) is 0 Å². The molecule has 13 heavy (non-hydrogen) atoms. The van der Waals surface area contributed by atoms with E-state index in [1.807, 2.05) is 6.08 Å².